The second-order valence-electron chi connectivity index (χ2n) is 4.55. The van der Waals surface area contributed by atoms with Crippen molar-refractivity contribution in [3.63, 3.8) is 0 Å². The van der Waals surface area contributed by atoms with E-state index in [1.165, 1.54) is 0 Å². The molecule has 1 aliphatic carbocycles. The molecular formula is C9H19N3O2S. The van der Waals surface area contributed by atoms with E-state index in [0.717, 1.165) is 32.4 Å². The number of hydrogen-bond donors (Lipinski definition) is 3. The van der Waals surface area contributed by atoms with Crippen molar-refractivity contribution in [2.75, 3.05) is 13.1 Å². The van der Waals surface area contributed by atoms with Gasteiger partial charge in [0.1, 0.15) is 0 Å². The van der Waals surface area contributed by atoms with Crippen molar-refractivity contribution in [3.05, 3.63) is 0 Å². The molecule has 1 heterocycles. The molecule has 0 radical (unpaired) electrons. The van der Waals surface area contributed by atoms with Gasteiger partial charge >= 0.3 is 0 Å². The van der Waals surface area contributed by atoms with Gasteiger partial charge in [-0.05, 0) is 45.2 Å². The van der Waals surface area contributed by atoms with Crippen LogP contribution >= 0.6 is 0 Å². The number of hydrogen-bond acceptors (Lipinski definition) is 3. The molecule has 3 N–H and O–H groups in total. The van der Waals surface area contributed by atoms with Crippen LogP contribution in [0, 0.1) is 5.92 Å². The third-order valence-corrected chi connectivity index (χ3v) is 4.37. The molecule has 1 aliphatic heterocycles. The van der Waals surface area contributed by atoms with Gasteiger partial charge < -0.3 is 5.32 Å². The molecule has 0 aromatic rings. The molecule has 5 nitrogen and oxygen atoms in total. The molecule has 1 saturated carbocycles. The summed E-state index contributed by atoms with van der Waals surface area (Å²) in [7, 11) is -3.28. The zero-order chi connectivity index (χ0) is 10.9. The van der Waals surface area contributed by atoms with Gasteiger partial charge in [-0.15, -0.1) is 0 Å². The van der Waals surface area contributed by atoms with Gasteiger partial charge in [0.25, 0.3) is 10.2 Å². The van der Waals surface area contributed by atoms with Crippen molar-refractivity contribution in [2.45, 2.75) is 38.3 Å². The minimum Gasteiger partial charge on any atom is -0.316 e. The van der Waals surface area contributed by atoms with Crippen molar-refractivity contribution in [1.29, 1.82) is 0 Å². The lowest BCUT2D eigenvalue weighted by molar-refractivity contribution is 0.441. The van der Waals surface area contributed by atoms with E-state index in [9.17, 15) is 8.42 Å². The van der Waals surface area contributed by atoms with E-state index in [-0.39, 0.29) is 12.1 Å². The molecule has 0 aromatic carbocycles. The number of nitrogens with one attached hydrogen (secondary N) is 3. The smallest absolute Gasteiger partial charge is 0.277 e. The average Bonchev–Trinajstić information content (AvgIpc) is 2.78. The van der Waals surface area contributed by atoms with E-state index in [4.69, 9.17) is 0 Å². The first-order valence-corrected chi connectivity index (χ1v) is 7.05. The second kappa shape index (κ2) is 4.37. The molecule has 1 saturated heterocycles. The Morgan fingerprint density at radius 1 is 1.33 bits per heavy atom. The van der Waals surface area contributed by atoms with Crippen LogP contribution in [-0.4, -0.2) is 33.6 Å². The Hall–Kier alpha value is -0.170. The fourth-order valence-electron chi connectivity index (χ4n) is 1.90. The summed E-state index contributed by atoms with van der Waals surface area (Å²) in [5, 5.41) is 3.24. The van der Waals surface area contributed by atoms with Gasteiger partial charge in [0, 0.05) is 12.1 Å². The Morgan fingerprint density at radius 3 is 2.60 bits per heavy atom. The summed E-state index contributed by atoms with van der Waals surface area (Å²) in [6, 6.07) is 0.188. The van der Waals surface area contributed by atoms with Crippen LogP contribution in [0.4, 0.5) is 0 Å². The van der Waals surface area contributed by atoms with E-state index in [1.54, 1.807) is 0 Å². The van der Waals surface area contributed by atoms with Crippen molar-refractivity contribution in [2.24, 2.45) is 5.92 Å². The Balaban J connectivity index is 1.83. The summed E-state index contributed by atoms with van der Waals surface area (Å²) < 4.78 is 28.5. The van der Waals surface area contributed by atoms with Crippen molar-refractivity contribution >= 4 is 10.2 Å². The van der Waals surface area contributed by atoms with Gasteiger partial charge in [0.05, 0.1) is 0 Å². The zero-order valence-corrected chi connectivity index (χ0v) is 9.81. The first kappa shape index (κ1) is 11.3. The first-order valence-electron chi connectivity index (χ1n) is 5.57. The highest BCUT2D eigenvalue weighted by Gasteiger charge is 2.30. The van der Waals surface area contributed by atoms with Crippen LogP contribution in [0.1, 0.15) is 26.2 Å². The Labute approximate surface area is 91.2 Å². The molecule has 2 fully saturated rings. The van der Waals surface area contributed by atoms with Gasteiger partial charge in [-0.25, -0.2) is 0 Å². The summed E-state index contributed by atoms with van der Waals surface area (Å²) in [5.74, 6) is 0.417. The molecule has 2 rings (SSSR count). The van der Waals surface area contributed by atoms with Crippen molar-refractivity contribution in [1.82, 2.24) is 14.8 Å². The Morgan fingerprint density at radius 2 is 2.07 bits per heavy atom. The maximum absolute atomic E-state index is 11.6. The van der Waals surface area contributed by atoms with Crippen LogP contribution in [0.25, 0.3) is 0 Å². The summed E-state index contributed by atoms with van der Waals surface area (Å²) >= 11 is 0. The highest BCUT2D eigenvalue weighted by atomic mass is 32.2. The van der Waals surface area contributed by atoms with Crippen LogP contribution in [0.5, 0.6) is 0 Å². The van der Waals surface area contributed by atoms with Crippen LogP contribution in [-0.2, 0) is 10.2 Å². The molecule has 2 unspecified atom stereocenters. The average molecular weight is 233 g/mol. The molecule has 2 atom stereocenters. The maximum atomic E-state index is 11.6. The second-order valence-corrected chi connectivity index (χ2v) is 6.03. The molecule has 0 spiro atoms. The fourth-order valence-corrected chi connectivity index (χ4v) is 3.32. The third-order valence-electron chi connectivity index (χ3n) is 3.05. The standard InChI is InChI=1S/C9H19N3O2S/c1-7(8-4-5-10-6-8)11-15(13,14)12-9-2-3-9/h7-12H,2-6H2,1H3. The lowest BCUT2D eigenvalue weighted by atomic mass is 10.0. The number of rotatable bonds is 5. The van der Waals surface area contributed by atoms with Gasteiger partial charge in [-0.3, -0.25) is 0 Å². The topological polar surface area (TPSA) is 70.2 Å². The van der Waals surface area contributed by atoms with Crippen LogP contribution < -0.4 is 14.8 Å². The largest absolute Gasteiger partial charge is 0.316 e. The molecule has 88 valence electrons. The van der Waals surface area contributed by atoms with E-state index in [0.29, 0.717) is 5.92 Å². The molecule has 0 amide bonds. The Bertz CT molecular complexity index is 307. The van der Waals surface area contributed by atoms with Crippen molar-refractivity contribution < 1.29 is 8.42 Å². The predicted molar refractivity (Wildman–Crippen MR) is 58.7 cm³/mol. The molecular weight excluding hydrogens is 214 g/mol. The van der Waals surface area contributed by atoms with E-state index in [1.807, 2.05) is 6.92 Å². The summed E-state index contributed by atoms with van der Waals surface area (Å²) in [6.07, 6.45) is 2.99. The quantitative estimate of drug-likeness (QED) is 0.603. The molecule has 6 heteroatoms. The maximum Gasteiger partial charge on any atom is 0.277 e. The molecule has 0 aromatic heterocycles. The Kier molecular flexibility index (Phi) is 3.30. The van der Waals surface area contributed by atoms with E-state index >= 15 is 0 Å². The fraction of sp³-hybridized carbons (Fsp3) is 1.00. The SMILES string of the molecule is CC(NS(=O)(=O)NC1CC1)C1CCNC1. The van der Waals surface area contributed by atoms with Crippen LogP contribution in [0.2, 0.25) is 0 Å². The minimum absolute atomic E-state index is 0.0104. The van der Waals surface area contributed by atoms with Crippen LogP contribution in [0.3, 0.4) is 0 Å². The monoisotopic (exact) mass is 233 g/mol. The van der Waals surface area contributed by atoms with Crippen molar-refractivity contribution in [3.8, 4) is 0 Å². The van der Waals surface area contributed by atoms with E-state index in [2.05, 4.69) is 14.8 Å². The predicted octanol–water partition coefficient (Wildman–Crippen LogP) is -0.429. The highest BCUT2D eigenvalue weighted by molar-refractivity contribution is 7.87. The van der Waals surface area contributed by atoms with E-state index < -0.39 is 10.2 Å². The van der Waals surface area contributed by atoms with Crippen LogP contribution in [0.15, 0.2) is 0 Å². The molecule has 0 bridgehead atoms. The zero-order valence-electron chi connectivity index (χ0n) is 8.99. The first-order chi connectivity index (χ1) is 7.07. The minimum atomic E-state index is -3.28. The van der Waals surface area contributed by atoms with Gasteiger partial charge in [0.2, 0.25) is 0 Å². The normalized spacial score (nSPS) is 29.3. The lowest BCUT2D eigenvalue weighted by Crippen LogP contribution is -2.45. The molecule has 15 heavy (non-hydrogen) atoms. The van der Waals surface area contributed by atoms with Gasteiger partial charge in [-0.2, -0.15) is 17.9 Å². The highest BCUT2D eigenvalue weighted by Crippen LogP contribution is 2.20. The molecule has 2 aliphatic rings. The van der Waals surface area contributed by atoms with Gasteiger partial charge in [0.15, 0.2) is 0 Å². The summed E-state index contributed by atoms with van der Waals surface area (Å²) in [4.78, 5) is 0. The van der Waals surface area contributed by atoms with Gasteiger partial charge in [-0.1, -0.05) is 0 Å². The summed E-state index contributed by atoms with van der Waals surface area (Å²) in [6.45, 7) is 3.84. The third kappa shape index (κ3) is 3.41. The summed E-state index contributed by atoms with van der Waals surface area (Å²) in [5.41, 5.74) is 0. The lowest BCUT2D eigenvalue weighted by Gasteiger charge is -2.19.